The zero-order valence-corrected chi connectivity index (χ0v) is 16.1. The van der Waals surface area contributed by atoms with E-state index in [9.17, 15) is 14.7 Å². The van der Waals surface area contributed by atoms with Crippen LogP contribution in [0, 0.1) is 11.8 Å². The van der Waals surface area contributed by atoms with Crippen LogP contribution in [0.3, 0.4) is 0 Å². The monoisotopic (exact) mass is 409 g/mol. The third-order valence-electron chi connectivity index (χ3n) is 4.73. The van der Waals surface area contributed by atoms with E-state index in [1.807, 2.05) is 0 Å². The smallest absolute Gasteiger partial charge is 0.269 e. The topological polar surface area (TPSA) is 114 Å². The highest BCUT2D eigenvalue weighted by molar-refractivity contribution is 6.30. The number of fused-ring (bicyclic) bond motifs is 1. The Labute approximate surface area is 170 Å². The zero-order chi connectivity index (χ0) is 20.8. The summed E-state index contributed by atoms with van der Waals surface area (Å²) in [7, 11) is 1.62. The lowest BCUT2D eigenvalue weighted by Crippen LogP contribution is -2.37. The largest absolute Gasteiger partial charge is 0.369 e. The quantitative estimate of drug-likeness (QED) is 0.615. The van der Waals surface area contributed by atoms with Crippen LogP contribution in [0.1, 0.15) is 22.5 Å². The van der Waals surface area contributed by atoms with E-state index < -0.39 is 17.4 Å². The fourth-order valence-electron chi connectivity index (χ4n) is 3.23. The number of hydrogen-bond donors (Lipinski definition) is 2. The Hall–Kier alpha value is -3.41. The van der Waals surface area contributed by atoms with Crippen LogP contribution in [-0.4, -0.2) is 55.8 Å². The molecule has 8 nitrogen and oxygen atoms in total. The maximum absolute atomic E-state index is 12.1. The second-order valence-electron chi connectivity index (χ2n) is 6.78. The molecule has 0 saturated carbocycles. The number of pyridine rings is 1. The van der Waals surface area contributed by atoms with Gasteiger partial charge in [-0.1, -0.05) is 23.4 Å². The molecule has 3 heterocycles. The van der Waals surface area contributed by atoms with Crippen molar-refractivity contribution in [2.75, 3.05) is 13.6 Å². The fraction of sp³-hybridized carbons (Fsp3) is 0.200. The van der Waals surface area contributed by atoms with Gasteiger partial charge in [0.25, 0.3) is 11.8 Å². The van der Waals surface area contributed by atoms with E-state index in [0.29, 0.717) is 33.9 Å². The molecule has 2 aromatic heterocycles. The first kappa shape index (κ1) is 18.9. The number of aliphatic hydroxyl groups is 1. The first-order valence-electron chi connectivity index (χ1n) is 8.74. The highest BCUT2D eigenvalue weighted by atomic mass is 35.5. The Morgan fingerprint density at radius 3 is 2.86 bits per heavy atom. The minimum Gasteiger partial charge on any atom is -0.369 e. The first-order chi connectivity index (χ1) is 13.8. The van der Waals surface area contributed by atoms with Gasteiger partial charge in [-0.3, -0.25) is 9.59 Å². The molecule has 9 heteroatoms. The molecule has 3 N–H and O–H groups in total. The molecule has 2 amide bonds. The van der Waals surface area contributed by atoms with Gasteiger partial charge in [0.1, 0.15) is 0 Å². The third-order valence-corrected chi connectivity index (χ3v) is 4.94. The Morgan fingerprint density at radius 2 is 2.17 bits per heavy atom. The molecule has 1 saturated heterocycles. The number of nitrogens with zero attached hydrogens (tertiary/aromatic N) is 4. The number of halogens is 1. The molecule has 1 aliphatic heterocycles. The van der Waals surface area contributed by atoms with Gasteiger partial charge in [-0.15, -0.1) is 0 Å². The number of primary amides is 1. The van der Waals surface area contributed by atoms with Crippen LogP contribution in [0.5, 0.6) is 0 Å². The maximum Gasteiger partial charge on any atom is 0.269 e. The second kappa shape index (κ2) is 6.88. The first-order valence-corrected chi connectivity index (χ1v) is 9.12. The predicted molar refractivity (Wildman–Crippen MR) is 106 cm³/mol. The number of aromatic nitrogens is 3. The van der Waals surface area contributed by atoms with E-state index >= 15 is 0 Å². The molecular weight excluding hydrogens is 394 g/mol. The summed E-state index contributed by atoms with van der Waals surface area (Å²) in [6, 6.07) is 8.32. The van der Waals surface area contributed by atoms with Gasteiger partial charge in [0.2, 0.25) is 5.60 Å². The highest BCUT2D eigenvalue weighted by Crippen LogP contribution is 2.24. The van der Waals surface area contributed by atoms with E-state index in [4.69, 9.17) is 17.3 Å². The number of carbonyl (C=O) groups excluding carboxylic acids is 2. The average molecular weight is 410 g/mol. The molecule has 1 aromatic carbocycles. The van der Waals surface area contributed by atoms with Crippen LogP contribution in [-0.2, 0) is 4.79 Å². The van der Waals surface area contributed by atoms with Gasteiger partial charge < -0.3 is 15.7 Å². The maximum atomic E-state index is 12.1. The summed E-state index contributed by atoms with van der Waals surface area (Å²) in [6.07, 6.45) is 1.81. The molecule has 3 aromatic rings. The summed E-state index contributed by atoms with van der Waals surface area (Å²) in [5.74, 6) is 4.38. The van der Waals surface area contributed by atoms with Gasteiger partial charge in [0.15, 0.2) is 11.3 Å². The van der Waals surface area contributed by atoms with Crippen LogP contribution in [0.25, 0.3) is 16.7 Å². The highest BCUT2D eigenvalue weighted by Gasteiger charge is 2.42. The lowest BCUT2D eigenvalue weighted by atomic mass is 10.0. The van der Waals surface area contributed by atoms with Crippen molar-refractivity contribution in [2.45, 2.75) is 12.0 Å². The van der Waals surface area contributed by atoms with Crippen molar-refractivity contribution in [3.8, 4) is 17.5 Å². The lowest BCUT2D eigenvalue weighted by molar-refractivity contribution is -0.137. The molecule has 0 aliphatic carbocycles. The summed E-state index contributed by atoms with van der Waals surface area (Å²) in [5, 5.41) is 15.6. The second-order valence-corrected chi connectivity index (χ2v) is 7.22. The molecule has 146 valence electrons. The van der Waals surface area contributed by atoms with Crippen molar-refractivity contribution in [3.63, 3.8) is 0 Å². The minimum atomic E-state index is -1.71. The molecule has 29 heavy (non-hydrogen) atoms. The van der Waals surface area contributed by atoms with Crippen LogP contribution in [0.15, 0.2) is 36.5 Å². The zero-order valence-electron chi connectivity index (χ0n) is 15.4. The molecule has 0 spiro atoms. The Kier molecular flexibility index (Phi) is 4.49. The number of benzene rings is 1. The van der Waals surface area contributed by atoms with Gasteiger partial charge in [-0.25, -0.2) is 9.67 Å². The summed E-state index contributed by atoms with van der Waals surface area (Å²) in [5.41, 5.74) is 5.24. The summed E-state index contributed by atoms with van der Waals surface area (Å²) in [4.78, 5) is 29.6. The van der Waals surface area contributed by atoms with Gasteiger partial charge in [-0.2, -0.15) is 5.10 Å². The molecular formula is C20H16ClN5O3. The van der Waals surface area contributed by atoms with Crippen LogP contribution < -0.4 is 5.73 Å². The molecule has 0 bridgehead atoms. The van der Waals surface area contributed by atoms with Gasteiger partial charge in [-0.05, 0) is 30.3 Å². The van der Waals surface area contributed by atoms with Gasteiger partial charge in [0.05, 0.1) is 11.1 Å². The van der Waals surface area contributed by atoms with Crippen molar-refractivity contribution < 1.29 is 14.7 Å². The van der Waals surface area contributed by atoms with Gasteiger partial charge >= 0.3 is 0 Å². The Morgan fingerprint density at radius 1 is 1.38 bits per heavy atom. The number of nitrogens with two attached hydrogens (primary N) is 1. The summed E-state index contributed by atoms with van der Waals surface area (Å²) >= 11 is 6.24. The molecule has 1 fully saturated rings. The number of likely N-dealkylation sites (tertiary alicyclic amines) is 1. The predicted octanol–water partition coefficient (Wildman–Crippen LogP) is 1.12. The lowest BCUT2D eigenvalue weighted by Gasteiger charge is -2.13. The van der Waals surface area contributed by atoms with Crippen molar-refractivity contribution in [1.82, 2.24) is 19.7 Å². The standard InChI is InChI=1S/C20H16ClN5O3/c1-25-8-6-20(29,19(25)28)5-4-12-9-13(21)11-14(10-12)26-18-15(3-2-7-23-18)16(24-26)17(22)27/h2-3,7,9-11,29H,6,8H2,1H3,(H2,22,27). The molecule has 1 atom stereocenters. The normalized spacial score (nSPS) is 18.7. The number of carbonyl (C=O) groups is 2. The number of likely N-dealkylation sites (N-methyl/N-ethyl adjacent to an activating group) is 1. The Bertz CT molecular complexity index is 1230. The summed E-state index contributed by atoms with van der Waals surface area (Å²) in [6.45, 7) is 0.436. The van der Waals surface area contributed by atoms with Crippen molar-refractivity contribution in [2.24, 2.45) is 5.73 Å². The van der Waals surface area contributed by atoms with E-state index in [1.165, 1.54) is 9.58 Å². The Balaban J connectivity index is 1.80. The third kappa shape index (κ3) is 3.31. The van der Waals surface area contributed by atoms with Crippen LogP contribution in [0.2, 0.25) is 5.02 Å². The minimum absolute atomic E-state index is 0.0922. The molecule has 4 rings (SSSR count). The van der Waals surface area contributed by atoms with Crippen LogP contribution >= 0.6 is 11.6 Å². The van der Waals surface area contributed by atoms with E-state index in [0.717, 1.165) is 0 Å². The van der Waals surface area contributed by atoms with E-state index in [2.05, 4.69) is 21.9 Å². The van der Waals surface area contributed by atoms with Crippen molar-refractivity contribution >= 4 is 34.4 Å². The average Bonchev–Trinajstić information content (AvgIpc) is 3.20. The number of amides is 2. The fourth-order valence-corrected chi connectivity index (χ4v) is 3.46. The summed E-state index contributed by atoms with van der Waals surface area (Å²) < 4.78 is 1.45. The SMILES string of the molecule is CN1CCC(O)(C#Cc2cc(Cl)cc(-n3nc(C(N)=O)c4cccnc43)c2)C1=O. The molecule has 0 radical (unpaired) electrons. The van der Waals surface area contributed by atoms with Gasteiger partial charge in [0, 0.05) is 36.8 Å². The van der Waals surface area contributed by atoms with E-state index in [-0.39, 0.29) is 12.1 Å². The number of hydrogen-bond acceptors (Lipinski definition) is 5. The van der Waals surface area contributed by atoms with E-state index in [1.54, 1.807) is 43.6 Å². The van der Waals surface area contributed by atoms with Crippen LogP contribution in [0.4, 0.5) is 0 Å². The molecule has 1 unspecified atom stereocenters. The molecule has 1 aliphatic rings. The number of rotatable bonds is 2. The van der Waals surface area contributed by atoms with Crippen molar-refractivity contribution in [1.29, 1.82) is 0 Å². The van der Waals surface area contributed by atoms with Crippen molar-refractivity contribution in [3.05, 3.63) is 52.8 Å².